The predicted octanol–water partition coefficient (Wildman–Crippen LogP) is 4.71. The molecule has 5 aromatic rings. The third kappa shape index (κ3) is 2.16. The lowest BCUT2D eigenvalue weighted by Crippen LogP contribution is -1.91. The largest absolute Gasteiger partial charge is 0.452 e. The van der Waals surface area contributed by atoms with E-state index in [0.29, 0.717) is 27.1 Å². The van der Waals surface area contributed by atoms with Crippen molar-refractivity contribution in [3.63, 3.8) is 0 Å². The lowest BCUT2D eigenvalue weighted by molar-refractivity contribution is 0.619. The van der Waals surface area contributed by atoms with Gasteiger partial charge in [-0.05, 0) is 25.1 Å². The van der Waals surface area contributed by atoms with Crippen LogP contribution in [0.4, 0.5) is 4.39 Å². The fourth-order valence-electron chi connectivity index (χ4n) is 2.88. The lowest BCUT2D eigenvalue weighted by Gasteiger charge is -1.96. The number of fused-ring (bicyclic) bond motifs is 2. The van der Waals surface area contributed by atoms with Gasteiger partial charge in [-0.3, -0.25) is 0 Å². The average molecular weight is 350 g/mol. The summed E-state index contributed by atoms with van der Waals surface area (Å²) in [5.41, 5.74) is 2.50. The number of rotatable bonds is 2. The van der Waals surface area contributed by atoms with Crippen LogP contribution in [0.3, 0.4) is 0 Å². The Kier molecular flexibility index (Phi) is 2.98. The van der Waals surface area contributed by atoms with Gasteiger partial charge >= 0.3 is 0 Å². The van der Waals surface area contributed by atoms with Crippen LogP contribution in [0.5, 0.6) is 0 Å². The summed E-state index contributed by atoms with van der Waals surface area (Å²) in [5, 5.41) is 14.7. The molecule has 122 valence electrons. The molecule has 0 aliphatic heterocycles. The number of benzene rings is 2. The summed E-state index contributed by atoms with van der Waals surface area (Å²) in [6, 6.07) is 14.2. The summed E-state index contributed by atoms with van der Waals surface area (Å²) < 4.78 is 21.1. The molecule has 0 bridgehead atoms. The lowest BCUT2D eigenvalue weighted by atomic mass is 10.1. The summed E-state index contributed by atoms with van der Waals surface area (Å²) in [6.07, 6.45) is 0. The Morgan fingerprint density at radius 3 is 2.80 bits per heavy atom. The predicted molar refractivity (Wildman–Crippen MR) is 94.0 cm³/mol. The summed E-state index contributed by atoms with van der Waals surface area (Å²) in [7, 11) is 0. The number of aryl methyl sites for hydroxylation is 1. The first kappa shape index (κ1) is 14.3. The van der Waals surface area contributed by atoms with Crippen molar-refractivity contribution in [2.75, 3.05) is 0 Å². The Bertz CT molecular complexity index is 1240. The molecule has 5 rings (SSSR count). The van der Waals surface area contributed by atoms with Crippen LogP contribution in [-0.4, -0.2) is 19.8 Å². The highest BCUT2D eigenvalue weighted by atomic mass is 32.1. The molecule has 5 nitrogen and oxygen atoms in total. The van der Waals surface area contributed by atoms with E-state index in [1.165, 1.54) is 23.5 Å². The quantitative estimate of drug-likeness (QED) is 0.462. The molecule has 0 amide bonds. The normalized spacial score (nSPS) is 11.6. The van der Waals surface area contributed by atoms with E-state index < -0.39 is 0 Å². The maximum Gasteiger partial charge on any atom is 0.235 e. The van der Waals surface area contributed by atoms with Gasteiger partial charge in [0, 0.05) is 16.5 Å². The van der Waals surface area contributed by atoms with Crippen molar-refractivity contribution in [1.29, 1.82) is 0 Å². The van der Waals surface area contributed by atoms with Crippen LogP contribution in [-0.2, 0) is 0 Å². The minimum Gasteiger partial charge on any atom is -0.452 e. The number of hydrogen-bond donors (Lipinski definition) is 0. The zero-order valence-corrected chi connectivity index (χ0v) is 13.9. The summed E-state index contributed by atoms with van der Waals surface area (Å²) in [6.45, 7) is 1.99. The second kappa shape index (κ2) is 5.22. The summed E-state index contributed by atoms with van der Waals surface area (Å²) in [4.78, 5) is 0.633. The van der Waals surface area contributed by atoms with Crippen LogP contribution in [0.2, 0.25) is 0 Å². The second-order valence-corrected chi connectivity index (χ2v) is 6.64. The SMILES string of the molecule is Cc1c(-c2nnc3sc(-c4cccc(F)c4)nn23)oc2ccccc12. The monoisotopic (exact) mass is 350 g/mol. The third-order valence-electron chi connectivity index (χ3n) is 4.11. The van der Waals surface area contributed by atoms with Gasteiger partial charge in [-0.15, -0.1) is 10.2 Å². The molecule has 25 heavy (non-hydrogen) atoms. The number of aromatic nitrogens is 4. The van der Waals surface area contributed by atoms with Gasteiger partial charge in [0.25, 0.3) is 0 Å². The van der Waals surface area contributed by atoms with Crippen LogP contribution in [0.15, 0.2) is 52.9 Å². The number of hydrogen-bond acceptors (Lipinski definition) is 5. The van der Waals surface area contributed by atoms with E-state index in [-0.39, 0.29) is 5.82 Å². The van der Waals surface area contributed by atoms with Crippen LogP contribution in [0, 0.1) is 12.7 Å². The molecule has 0 aliphatic carbocycles. The minimum absolute atomic E-state index is 0.295. The van der Waals surface area contributed by atoms with Gasteiger partial charge in [-0.1, -0.05) is 41.7 Å². The van der Waals surface area contributed by atoms with Gasteiger partial charge < -0.3 is 4.42 Å². The van der Waals surface area contributed by atoms with E-state index in [2.05, 4.69) is 15.3 Å². The first-order valence-corrected chi connectivity index (χ1v) is 8.49. The Hall–Kier alpha value is -3.06. The molecule has 0 N–H and O–H groups in total. The fourth-order valence-corrected chi connectivity index (χ4v) is 3.72. The van der Waals surface area contributed by atoms with Gasteiger partial charge in [-0.25, -0.2) is 4.39 Å². The van der Waals surface area contributed by atoms with E-state index in [1.54, 1.807) is 10.6 Å². The molecule has 0 unspecified atom stereocenters. The van der Waals surface area contributed by atoms with Crippen molar-refractivity contribution >= 4 is 27.3 Å². The molecule has 0 radical (unpaired) electrons. The van der Waals surface area contributed by atoms with Crippen LogP contribution in [0.1, 0.15) is 5.56 Å². The van der Waals surface area contributed by atoms with E-state index >= 15 is 0 Å². The highest BCUT2D eigenvalue weighted by molar-refractivity contribution is 7.19. The van der Waals surface area contributed by atoms with Gasteiger partial charge in [0.15, 0.2) is 5.76 Å². The Morgan fingerprint density at radius 2 is 1.96 bits per heavy atom. The summed E-state index contributed by atoms with van der Waals surface area (Å²) in [5.74, 6) is 0.893. The molecular formula is C18H11FN4OS. The van der Waals surface area contributed by atoms with Crippen LogP contribution >= 0.6 is 11.3 Å². The molecule has 3 aromatic heterocycles. The van der Waals surface area contributed by atoms with Crippen LogP contribution in [0.25, 0.3) is 38.1 Å². The highest BCUT2D eigenvalue weighted by Gasteiger charge is 2.20. The van der Waals surface area contributed by atoms with Crippen molar-refractivity contribution in [3.8, 4) is 22.2 Å². The van der Waals surface area contributed by atoms with E-state index in [0.717, 1.165) is 16.5 Å². The molecule has 0 atom stereocenters. The fraction of sp³-hybridized carbons (Fsp3) is 0.0556. The van der Waals surface area contributed by atoms with Crippen molar-refractivity contribution in [2.24, 2.45) is 0 Å². The molecule has 0 saturated heterocycles. The van der Waals surface area contributed by atoms with E-state index in [4.69, 9.17) is 4.42 Å². The van der Waals surface area contributed by atoms with Gasteiger partial charge in [0.1, 0.15) is 16.4 Å². The zero-order chi connectivity index (χ0) is 17.0. The molecule has 0 fully saturated rings. The third-order valence-corrected chi connectivity index (χ3v) is 5.06. The molecule has 0 spiro atoms. The number of nitrogens with zero attached hydrogens (tertiary/aromatic N) is 4. The second-order valence-electron chi connectivity index (χ2n) is 5.69. The number of halogens is 1. The first-order chi connectivity index (χ1) is 12.2. The van der Waals surface area contributed by atoms with Crippen LogP contribution < -0.4 is 0 Å². The molecular weight excluding hydrogens is 339 g/mol. The smallest absolute Gasteiger partial charge is 0.235 e. The van der Waals surface area contributed by atoms with E-state index in [9.17, 15) is 4.39 Å². The van der Waals surface area contributed by atoms with Gasteiger partial charge in [-0.2, -0.15) is 9.61 Å². The number of para-hydroxylation sites is 1. The molecule has 2 aromatic carbocycles. The molecule has 7 heteroatoms. The van der Waals surface area contributed by atoms with Crippen molar-refractivity contribution in [2.45, 2.75) is 6.92 Å². The number of furan rings is 1. The maximum atomic E-state index is 13.5. The zero-order valence-electron chi connectivity index (χ0n) is 13.1. The highest BCUT2D eigenvalue weighted by Crippen LogP contribution is 2.34. The topological polar surface area (TPSA) is 56.2 Å². The van der Waals surface area contributed by atoms with Gasteiger partial charge in [0.2, 0.25) is 10.8 Å². The molecule has 0 saturated carbocycles. The average Bonchev–Trinajstić information content (AvgIpc) is 3.28. The van der Waals surface area contributed by atoms with Crippen molar-refractivity contribution in [3.05, 3.63) is 59.9 Å². The minimum atomic E-state index is -0.295. The Balaban J connectivity index is 1.70. The van der Waals surface area contributed by atoms with Gasteiger partial charge in [0.05, 0.1) is 0 Å². The van der Waals surface area contributed by atoms with E-state index in [1.807, 2.05) is 37.3 Å². The Morgan fingerprint density at radius 1 is 1.08 bits per heavy atom. The molecule has 0 aliphatic rings. The first-order valence-electron chi connectivity index (χ1n) is 7.67. The maximum absolute atomic E-state index is 13.5. The van der Waals surface area contributed by atoms with Crippen molar-refractivity contribution in [1.82, 2.24) is 19.8 Å². The summed E-state index contributed by atoms with van der Waals surface area (Å²) >= 11 is 1.36. The van der Waals surface area contributed by atoms with Crippen molar-refractivity contribution < 1.29 is 8.81 Å². The molecule has 3 heterocycles. The standard InChI is InChI=1S/C18H11FN4OS/c1-10-13-7-2-3-8-14(13)24-15(10)16-20-21-18-23(16)22-17(25-18)11-5-4-6-12(19)9-11/h2-9H,1H3. The Labute approximate surface area is 145 Å².